The van der Waals surface area contributed by atoms with Crippen LogP contribution in [0.5, 0.6) is 23.0 Å². The average Bonchev–Trinajstić information content (AvgIpc) is 0.759. The molecule has 17 rings (SSSR count). The molecular weight excluding hydrogens is 1940 g/mol. The molecule has 0 radical (unpaired) electrons. The SMILES string of the molecule is Cc1cc(C(c2ccc(C(c3cc(C)c(O[Si](Cc4ccccc4)(Cc4ccccc4)Cc4ccccc4)c(Br)c3)c3cc(C)c(O[Si](Cc4ccccc4)(Cc4ccccc4)Cc4ccccc4)c(Br)c3)cc2)c2cc(C)c(O[Si](Cc3ccccc3)(Cc3ccccc3)Cc3ccccc3)c(Br)c2)cc(Br)c1O[Si](Cc1ccccc1)(Cc1ccccc1)Cc1ccccc1. The van der Waals surface area contributed by atoms with Gasteiger partial charge in [-0.3, -0.25) is 0 Å². The first-order chi connectivity index (χ1) is 64.4. The molecule has 0 atom stereocenters. The molecule has 0 aliphatic rings. The summed E-state index contributed by atoms with van der Waals surface area (Å²) in [7, 11) is -11.5. The van der Waals surface area contributed by atoms with Crippen molar-refractivity contribution in [3.05, 3.63) is 577 Å². The second kappa shape index (κ2) is 43.6. The summed E-state index contributed by atoms with van der Waals surface area (Å²) in [5.74, 6) is 2.95. The lowest BCUT2D eigenvalue weighted by Crippen LogP contribution is -2.50. The van der Waals surface area contributed by atoms with Gasteiger partial charge in [-0.2, -0.15) is 0 Å². The minimum Gasteiger partial charge on any atom is -0.542 e. The van der Waals surface area contributed by atoms with E-state index in [9.17, 15) is 0 Å². The van der Waals surface area contributed by atoms with Crippen molar-refractivity contribution >= 4 is 97.0 Å². The summed E-state index contributed by atoms with van der Waals surface area (Å²) in [6.45, 7) is 8.99. The van der Waals surface area contributed by atoms with E-state index in [2.05, 4.69) is 528 Å². The van der Waals surface area contributed by atoms with Crippen LogP contribution in [0.1, 0.15) is 134 Å². The molecule has 17 aromatic carbocycles. The third kappa shape index (κ3) is 23.8. The van der Waals surface area contributed by atoms with Crippen molar-refractivity contribution in [3.8, 4) is 23.0 Å². The van der Waals surface area contributed by atoms with Crippen molar-refractivity contribution in [3.63, 3.8) is 0 Å². The van der Waals surface area contributed by atoms with Crippen LogP contribution in [-0.4, -0.2) is 33.3 Å². The summed E-state index contributed by atoms with van der Waals surface area (Å²) in [5, 5.41) is 0. The lowest BCUT2D eigenvalue weighted by atomic mass is 9.80. The number of aryl methyl sites for hydroxylation is 4. The van der Waals surface area contributed by atoms with Crippen LogP contribution in [0.25, 0.3) is 0 Å². The molecule has 0 N–H and O–H groups in total. The zero-order chi connectivity index (χ0) is 90.7. The van der Waals surface area contributed by atoms with Crippen LogP contribution >= 0.6 is 63.7 Å². The molecule has 12 heteroatoms. The van der Waals surface area contributed by atoms with Gasteiger partial charge in [0.1, 0.15) is 23.0 Å². The second-order valence-corrected chi connectivity index (χ2v) is 54.2. The van der Waals surface area contributed by atoms with E-state index in [0.717, 1.165) is 169 Å². The fourth-order valence-corrected chi connectivity index (χ4v) is 40.1. The van der Waals surface area contributed by atoms with E-state index in [1.807, 2.05) is 0 Å². The highest BCUT2D eigenvalue weighted by molar-refractivity contribution is 9.11. The number of benzene rings is 17. The van der Waals surface area contributed by atoms with Crippen LogP contribution < -0.4 is 17.7 Å². The summed E-state index contributed by atoms with van der Waals surface area (Å²) in [6, 6.07) is 170. The van der Waals surface area contributed by atoms with E-state index in [4.69, 9.17) is 17.7 Å². The molecule has 0 unspecified atom stereocenters. The van der Waals surface area contributed by atoms with Crippen LogP contribution in [0.4, 0.5) is 0 Å². The molecule has 0 saturated carbocycles. The first-order valence-corrected chi connectivity index (χ1v) is 59.3. The van der Waals surface area contributed by atoms with E-state index < -0.39 is 33.3 Å². The Kier molecular flexibility index (Phi) is 30.6. The molecule has 0 fully saturated rings. The normalized spacial score (nSPS) is 11.8. The summed E-state index contributed by atoms with van der Waals surface area (Å²) in [4.78, 5) is 0. The van der Waals surface area contributed by atoms with Crippen molar-refractivity contribution in [1.82, 2.24) is 0 Å². The molecule has 132 heavy (non-hydrogen) atoms. The zero-order valence-corrected chi connectivity index (χ0v) is 85.7. The molecule has 0 bridgehead atoms. The monoisotopic (exact) mass is 2040 g/mol. The Morgan fingerprint density at radius 2 is 0.288 bits per heavy atom. The summed E-state index contributed by atoms with van der Waals surface area (Å²) in [6.07, 6.45) is 0. The Morgan fingerprint density at radius 3 is 0.402 bits per heavy atom. The Hall–Kier alpha value is -11.3. The van der Waals surface area contributed by atoms with Crippen molar-refractivity contribution in [2.75, 3.05) is 0 Å². The first kappa shape index (κ1) is 92.6. The number of hydrogen-bond acceptors (Lipinski definition) is 4. The Morgan fingerprint density at radius 1 is 0.167 bits per heavy atom. The van der Waals surface area contributed by atoms with Gasteiger partial charge in [0.05, 0.1) is 17.9 Å². The highest BCUT2D eigenvalue weighted by atomic mass is 79.9. The average molecular weight is 2050 g/mol. The number of rotatable bonds is 38. The largest absolute Gasteiger partial charge is 0.542 e. The molecular formula is C120H110Br4O4Si4. The summed E-state index contributed by atoms with van der Waals surface area (Å²) in [5.41, 5.74) is 26.3. The highest BCUT2D eigenvalue weighted by Crippen LogP contribution is 2.48. The fraction of sp³-hybridized carbons (Fsp3) is 0.150. The number of hydrogen-bond donors (Lipinski definition) is 0. The number of halogens is 4. The minimum atomic E-state index is -2.88. The van der Waals surface area contributed by atoms with E-state index in [-0.39, 0.29) is 11.8 Å². The summed E-state index contributed by atoms with van der Waals surface area (Å²) < 4.78 is 35.9. The molecule has 0 spiro atoms. The molecule has 0 amide bonds. The zero-order valence-electron chi connectivity index (χ0n) is 75.4. The van der Waals surface area contributed by atoms with Crippen LogP contribution in [0, 0.1) is 27.7 Å². The quantitative estimate of drug-likeness (QED) is 0.0285. The van der Waals surface area contributed by atoms with E-state index in [1.54, 1.807) is 0 Å². The van der Waals surface area contributed by atoms with Gasteiger partial charge in [-0.05, 0) is 238 Å². The summed E-state index contributed by atoms with van der Waals surface area (Å²) >= 11 is 17.4. The molecule has 0 aliphatic heterocycles. The third-order valence-electron chi connectivity index (χ3n) is 25.6. The molecule has 0 saturated heterocycles. The van der Waals surface area contributed by atoms with Crippen molar-refractivity contribution in [2.24, 2.45) is 0 Å². The van der Waals surface area contributed by atoms with Crippen molar-refractivity contribution < 1.29 is 17.7 Å². The predicted octanol–water partition coefficient (Wildman–Crippen LogP) is 31.0. The first-order valence-electron chi connectivity index (χ1n) is 46.0. The molecule has 0 aliphatic carbocycles. The lowest BCUT2D eigenvalue weighted by molar-refractivity contribution is 0.516. The maximum atomic E-state index is 8.07. The molecule has 0 heterocycles. The molecule has 17 aromatic rings. The van der Waals surface area contributed by atoms with Gasteiger partial charge < -0.3 is 17.7 Å². The third-order valence-corrected chi connectivity index (χ3v) is 43.2. The minimum absolute atomic E-state index is 0.287. The van der Waals surface area contributed by atoms with Gasteiger partial charge in [0.2, 0.25) is 0 Å². The predicted molar refractivity (Wildman–Crippen MR) is 571 cm³/mol. The van der Waals surface area contributed by atoms with Gasteiger partial charge in [-0.1, -0.05) is 413 Å². The smallest absolute Gasteiger partial charge is 0.264 e. The Labute approximate surface area is 819 Å². The lowest BCUT2D eigenvalue weighted by Gasteiger charge is -2.35. The van der Waals surface area contributed by atoms with Gasteiger partial charge >= 0.3 is 0 Å². The Balaban J connectivity index is 0.827. The van der Waals surface area contributed by atoms with Gasteiger partial charge in [-0.25, -0.2) is 0 Å². The van der Waals surface area contributed by atoms with Gasteiger partial charge in [0.25, 0.3) is 33.3 Å². The van der Waals surface area contributed by atoms with Crippen molar-refractivity contribution in [1.29, 1.82) is 0 Å². The molecule has 4 nitrogen and oxygen atoms in total. The molecule has 0 aromatic heterocycles. The van der Waals surface area contributed by atoms with E-state index in [1.165, 1.54) is 66.8 Å². The maximum absolute atomic E-state index is 8.07. The Bertz CT molecular complexity index is 5320. The second-order valence-electron chi connectivity index (χ2n) is 36.2. The van der Waals surface area contributed by atoms with Crippen LogP contribution in [0.15, 0.2) is 455 Å². The van der Waals surface area contributed by atoms with Gasteiger partial charge in [0.15, 0.2) is 0 Å². The molecule has 658 valence electrons. The standard InChI is InChI=1S/C120H110Br4O4Si4/c1-89-69-107(73-111(121)117(89)125-129(77-93-41-17-5-18-42-93,78-94-43-19-6-20-44-94)79-95-45-21-7-22-46-95)115(108-70-90(2)118(112(122)74-108)126-130(80-96-47-23-8-24-48-96,81-97-49-25-9-26-50-97)82-98-51-27-10-28-52-98)105-65-67-106(68-66-105)116(109-71-91(3)119(113(123)75-109)127-131(83-99-53-29-11-30-54-99,84-100-55-31-12-32-56-100)85-101-57-33-13-34-58-101)110-72-92(4)120(114(124)76-110)128-132(86-102-59-35-14-36-60-102,87-103-61-37-15-38-62-103)88-104-63-39-16-40-64-104/h5-76,115-116H,77-88H2,1-4H3. The van der Waals surface area contributed by atoms with Crippen LogP contribution in [0.2, 0.25) is 0 Å². The van der Waals surface area contributed by atoms with Crippen LogP contribution in [0.3, 0.4) is 0 Å². The highest BCUT2D eigenvalue weighted by Gasteiger charge is 2.45. The van der Waals surface area contributed by atoms with Crippen LogP contribution in [-0.2, 0) is 72.5 Å². The van der Waals surface area contributed by atoms with Gasteiger partial charge in [0, 0.05) is 84.4 Å². The fourth-order valence-electron chi connectivity index (χ4n) is 19.9. The van der Waals surface area contributed by atoms with E-state index in [0.29, 0.717) is 0 Å². The maximum Gasteiger partial charge on any atom is 0.264 e. The van der Waals surface area contributed by atoms with Crippen molar-refractivity contribution in [2.45, 2.75) is 112 Å². The van der Waals surface area contributed by atoms with Gasteiger partial charge in [-0.15, -0.1) is 0 Å². The van der Waals surface area contributed by atoms with E-state index >= 15 is 0 Å². The topological polar surface area (TPSA) is 36.9 Å².